The molecule has 1 fully saturated rings. The molecule has 0 aromatic heterocycles. The van der Waals surface area contributed by atoms with Crippen LogP contribution in [0.4, 0.5) is 0 Å². The van der Waals surface area contributed by atoms with Crippen LogP contribution in [0.3, 0.4) is 0 Å². The van der Waals surface area contributed by atoms with Gasteiger partial charge in [0.05, 0.1) is 19.3 Å². The minimum Gasteiger partial charge on any atom is -0.386 e. The van der Waals surface area contributed by atoms with Crippen LogP contribution in [0.2, 0.25) is 5.02 Å². The van der Waals surface area contributed by atoms with Crippen LogP contribution < -0.4 is 10.6 Å². The van der Waals surface area contributed by atoms with E-state index in [1.165, 1.54) is 0 Å². The predicted octanol–water partition coefficient (Wildman–Crippen LogP) is 2.66. The van der Waals surface area contributed by atoms with E-state index in [1.807, 2.05) is 19.1 Å². The van der Waals surface area contributed by atoms with Gasteiger partial charge in [-0.2, -0.15) is 0 Å². The largest absolute Gasteiger partial charge is 0.386 e. The monoisotopic (exact) mass is 510 g/mol. The number of benzene rings is 1. The van der Waals surface area contributed by atoms with Gasteiger partial charge in [-0.15, -0.1) is 24.0 Å². The van der Waals surface area contributed by atoms with Gasteiger partial charge in [-0.25, -0.2) is 0 Å². The normalized spacial score (nSPS) is 17.3. The molecule has 1 unspecified atom stereocenters. The summed E-state index contributed by atoms with van der Waals surface area (Å²) in [5.41, 5.74) is 0.820. The van der Waals surface area contributed by atoms with Gasteiger partial charge in [0.2, 0.25) is 0 Å². The molecule has 154 valence electrons. The van der Waals surface area contributed by atoms with Gasteiger partial charge in [0.25, 0.3) is 0 Å². The van der Waals surface area contributed by atoms with Crippen molar-refractivity contribution < 1.29 is 9.84 Å². The summed E-state index contributed by atoms with van der Waals surface area (Å²) >= 11 is 5.89. The molecule has 0 amide bonds. The number of nitrogens with one attached hydrogen (secondary N) is 2. The number of aliphatic hydroxyl groups excluding tert-OH is 1. The number of aliphatic hydroxyl groups is 1. The fraction of sp³-hybridized carbons (Fsp3) is 0.632. The van der Waals surface area contributed by atoms with Crippen LogP contribution in [0.5, 0.6) is 0 Å². The average Bonchev–Trinajstić information content (AvgIpc) is 2.66. The zero-order chi connectivity index (χ0) is 18.8. The minimum atomic E-state index is -0.640. The smallest absolute Gasteiger partial charge is 0.191 e. The Balaban J connectivity index is 0.00000364. The molecule has 8 heteroatoms. The molecule has 1 aromatic carbocycles. The van der Waals surface area contributed by atoms with Gasteiger partial charge >= 0.3 is 0 Å². The summed E-state index contributed by atoms with van der Waals surface area (Å²) in [5, 5.41) is 17.8. The highest BCUT2D eigenvalue weighted by molar-refractivity contribution is 14.0. The summed E-state index contributed by atoms with van der Waals surface area (Å²) < 4.78 is 5.15. The van der Waals surface area contributed by atoms with Crippen LogP contribution in [-0.2, 0) is 4.74 Å². The summed E-state index contributed by atoms with van der Waals surface area (Å²) in [5.74, 6) is 0.760. The maximum Gasteiger partial charge on any atom is 0.191 e. The molecule has 0 aliphatic carbocycles. The number of ether oxygens (including phenoxy) is 1. The number of piperidine rings is 1. The lowest BCUT2D eigenvalue weighted by molar-refractivity contribution is 0.128. The molecule has 1 aliphatic heterocycles. The second-order valence-electron chi connectivity index (χ2n) is 6.54. The first-order valence-electron chi connectivity index (χ1n) is 9.32. The molecule has 0 saturated carbocycles. The maximum absolute atomic E-state index is 10.3. The molecular weight excluding hydrogens is 479 g/mol. The second kappa shape index (κ2) is 13.5. The highest BCUT2D eigenvalue weighted by atomic mass is 127. The summed E-state index contributed by atoms with van der Waals surface area (Å²) in [4.78, 5) is 6.98. The van der Waals surface area contributed by atoms with Crippen molar-refractivity contribution in [3.63, 3.8) is 0 Å². The lowest BCUT2D eigenvalue weighted by atomic mass is 10.1. The molecule has 1 saturated heterocycles. The van der Waals surface area contributed by atoms with Crippen molar-refractivity contribution in [3.8, 4) is 0 Å². The van der Waals surface area contributed by atoms with E-state index in [0.717, 1.165) is 57.2 Å². The molecule has 1 aliphatic rings. The van der Waals surface area contributed by atoms with Crippen molar-refractivity contribution in [3.05, 3.63) is 34.9 Å². The summed E-state index contributed by atoms with van der Waals surface area (Å²) in [6, 6.07) is 7.63. The number of likely N-dealkylation sites (tertiary alicyclic amines) is 1. The lowest BCUT2D eigenvalue weighted by Gasteiger charge is -2.32. The third kappa shape index (κ3) is 8.95. The Bertz CT molecular complexity index is 551. The van der Waals surface area contributed by atoms with Gasteiger partial charge < -0.3 is 25.4 Å². The fourth-order valence-electron chi connectivity index (χ4n) is 3.00. The standard InChI is InChI=1S/C19H31ClN4O2.HI/c1-3-21-19(22-14-18(25)15-4-6-16(20)7-5-15)23-17-8-10-24(11-9-17)12-13-26-2;/h4-7,17-18,25H,3,8-14H2,1-2H3,(H2,21,22,23);1H. The number of rotatable bonds is 8. The van der Waals surface area contributed by atoms with Crippen molar-refractivity contribution in [2.45, 2.75) is 31.9 Å². The molecule has 3 N–H and O–H groups in total. The van der Waals surface area contributed by atoms with E-state index in [1.54, 1.807) is 19.2 Å². The SMILES string of the molecule is CCNC(=NCC(O)c1ccc(Cl)cc1)NC1CCN(CCOC)CC1.I. The average molecular weight is 511 g/mol. The molecule has 2 rings (SSSR count). The van der Waals surface area contributed by atoms with E-state index < -0.39 is 6.10 Å². The highest BCUT2D eigenvalue weighted by Crippen LogP contribution is 2.16. The van der Waals surface area contributed by atoms with Crippen molar-refractivity contribution >= 4 is 41.5 Å². The van der Waals surface area contributed by atoms with Gasteiger partial charge in [-0.3, -0.25) is 4.99 Å². The van der Waals surface area contributed by atoms with Crippen LogP contribution in [-0.4, -0.2) is 68.4 Å². The summed E-state index contributed by atoms with van der Waals surface area (Å²) in [6.07, 6.45) is 1.51. The Hall–Kier alpha value is -0.610. The molecule has 6 nitrogen and oxygen atoms in total. The van der Waals surface area contributed by atoms with E-state index >= 15 is 0 Å². The number of hydrogen-bond donors (Lipinski definition) is 3. The third-order valence-corrected chi connectivity index (χ3v) is 4.81. The minimum absolute atomic E-state index is 0. The zero-order valence-electron chi connectivity index (χ0n) is 16.2. The Kier molecular flexibility index (Phi) is 12.3. The lowest BCUT2D eigenvalue weighted by Crippen LogP contribution is -2.49. The number of aliphatic imine (C=N–C) groups is 1. The topological polar surface area (TPSA) is 69.1 Å². The van der Waals surface area contributed by atoms with E-state index in [9.17, 15) is 5.11 Å². The number of guanidine groups is 1. The Labute approximate surface area is 184 Å². The molecular formula is C19H32ClIN4O2. The van der Waals surface area contributed by atoms with Gasteiger partial charge in [0.1, 0.15) is 0 Å². The quantitative estimate of drug-likeness (QED) is 0.285. The zero-order valence-corrected chi connectivity index (χ0v) is 19.2. The number of nitrogens with zero attached hydrogens (tertiary/aromatic N) is 2. The Morgan fingerprint density at radius 2 is 2.00 bits per heavy atom. The van der Waals surface area contributed by atoms with Crippen LogP contribution in [0.15, 0.2) is 29.3 Å². The molecule has 0 spiro atoms. The van der Waals surface area contributed by atoms with Gasteiger partial charge in [-0.05, 0) is 37.5 Å². The van der Waals surface area contributed by atoms with Gasteiger partial charge in [0.15, 0.2) is 5.96 Å². The molecule has 1 aromatic rings. The molecule has 27 heavy (non-hydrogen) atoms. The first-order valence-corrected chi connectivity index (χ1v) is 9.69. The van der Waals surface area contributed by atoms with Crippen LogP contribution in [0, 0.1) is 0 Å². The van der Waals surface area contributed by atoms with E-state index in [4.69, 9.17) is 16.3 Å². The van der Waals surface area contributed by atoms with Crippen LogP contribution in [0.1, 0.15) is 31.4 Å². The fourth-order valence-corrected chi connectivity index (χ4v) is 3.13. The molecule has 1 atom stereocenters. The van der Waals surface area contributed by atoms with Crippen molar-refractivity contribution in [1.29, 1.82) is 0 Å². The molecule has 1 heterocycles. The third-order valence-electron chi connectivity index (χ3n) is 4.56. The van der Waals surface area contributed by atoms with Crippen LogP contribution in [0.25, 0.3) is 0 Å². The molecule has 0 radical (unpaired) electrons. The number of halogens is 2. The van der Waals surface area contributed by atoms with E-state index in [-0.39, 0.29) is 24.0 Å². The highest BCUT2D eigenvalue weighted by Gasteiger charge is 2.19. The van der Waals surface area contributed by atoms with E-state index in [0.29, 0.717) is 17.6 Å². The Morgan fingerprint density at radius 1 is 1.33 bits per heavy atom. The number of methoxy groups -OCH3 is 1. The Morgan fingerprint density at radius 3 is 2.59 bits per heavy atom. The molecule has 0 bridgehead atoms. The summed E-state index contributed by atoms with van der Waals surface area (Å²) in [6.45, 7) is 7.04. The first kappa shape index (κ1) is 24.4. The number of hydrogen-bond acceptors (Lipinski definition) is 4. The second-order valence-corrected chi connectivity index (χ2v) is 6.98. The van der Waals surface area contributed by atoms with Crippen LogP contribution >= 0.6 is 35.6 Å². The van der Waals surface area contributed by atoms with E-state index in [2.05, 4.69) is 20.5 Å². The van der Waals surface area contributed by atoms with Gasteiger partial charge in [0, 0.05) is 44.4 Å². The summed E-state index contributed by atoms with van der Waals surface area (Å²) in [7, 11) is 1.74. The van der Waals surface area contributed by atoms with Crippen molar-refractivity contribution in [2.24, 2.45) is 4.99 Å². The first-order chi connectivity index (χ1) is 12.6. The predicted molar refractivity (Wildman–Crippen MR) is 122 cm³/mol. The van der Waals surface area contributed by atoms with Gasteiger partial charge in [-0.1, -0.05) is 23.7 Å². The van der Waals surface area contributed by atoms with Crippen molar-refractivity contribution in [1.82, 2.24) is 15.5 Å². The van der Waals surface area contributed by atoms with Crippen molar-refractivity contribution in [2.75, 3.05) is 46.4 Å². The maximum atomic E-state index is 10.3.